The Kier molecular flexibility index (Phi) is 6.61. The summed E-state index contributed by atoms with van der Waals surface area (Å²) in [6, 6.07) is 6.26. The summed E-state index contributed by atoms with van der Waals surface area (Å²) in [6.07, 6.45) is 2.13. The molecule has 2 rings (SSSR count). The molecule has 0 N–H and O–H groups in total. The van der Waals surface area contributed by atoms with Crippen LogP contribution in [-0.4, -0.2) is 60.6 Å². The molecular formula is C16H25N3O3. The molecule has 1 heterocycles. The predicted molar refractivity (Wildman–Crippen MR) is 86.4 cm³/mol. The number of rotatable bonds is 8. The molecule has 6 nitrogen and oxygen atoms in total. The molecule has 0 unspecified atom stereocenters. The van der Waals surface area contributed by atoms with Gasteiger partial charge in [0.15, 0.2) is 0 Å². The summed E-state index contributed by atoms with van der Waals surface area (Å²) in [5.74, 6) is 0.696. The summed E-state index contributed by atoms with van der Waals surface area (Å²) in [4.78, 5) is 15.1. The van der Waals surface area contributed by atoms with Crippen LogP contribution in [0.1, 0.15) is 19.8 Å². The van der Waals surface area contributed by atoms with E-state index < -0.39 is 4.92 Å². The van der Waals surface area contributed by atoms with Crippen LogP contribution in [0.15, 0.2) is 24.3 Å². The van der Waals surface area contributed by atoms with Crippen LogP contribution in [0.4, 0.5) is 5.69 Å². The van der Waals surface area contributed by atoms with E-state index in [0.29, 0.717) is 12.4 Å². The van der Waals surface area contributed by atoms with Gasteiger partial charge < -0.3 is 14.5 Å². The molecule has 0 aliphatic carbocycles. The first kappa shape index (κ1) is 16.7. The Hall–Kier alpha value is -1.66. The maximum absolute atomic E-state index is 10.6. The van der Waals surface area contributed by atoms with Crippen molar-refractivity contribution in [2.75, 3.05) is 45.9 Å². The summed E-state index contributed by atoms with van der Waals surface area (Å²) in [6.45, 7) is 9.83. The van der Waals surface area contributed by atoms with Gasteiger partial charge in [-0.15, -0.1) is 0 Å². The lowest BCUT2D eigenvalue weighted by Gasteiger charge is -2.33. The average Bonchev–Trinajstić information content (AvgIpc) is 2.55. The van der Waals surface area contributed by atoms with Crippen molar-refractivity contribution in [3.8, 4) is 5.75 Å². The summed E-state index contributed by atoms with van der Waals surface area (Å²) in [7, 11) is 0. The minimum absolute atomic E-state index is 0.0959. The van der Waals surface area contributed by atoms with Crippen molar-refractivity contribution in [2.24, 2.45) is 0 Å². The van der Waals surface area contributed by atoms with Crippen LogP contribution < -0.4 is 4.74 Å². The van der Waals surface area contributed by atoms with Crippen LogP contribution in [0.2, 0.25) is 0 Å². The molecule has 0 saturated carbocycles. The van der Waals surface area contributed by atoms with Crippen molar-refractivity contribution in [1.29, 1.82) is 0 Å². The second-order valence-corrected chi connectivity index (χ2v) is 5.58. The third-order valence-electron chi connectivity index (χ3n) is 4.10. The quantitative estimate of drug-likeness (QED) is 0.419. The Bertz CT molecular complexity index is 456. The van der Waals surface area contributed by atoms with E-state index in [4.69, 9.17) is 4.74 Å². The van der Waals surface area contributed by atoms with Gasteiger partial charge in [0.2, 0.25) is 0 Å². The molecule has 6 heteroatoms. The second kappa shape index (κ2) is 8.70. The molecule has 1 aliphatic rings. The number of hydrogen-bond donors (Lipinski definition) is 0. The molecular weight excluding hydrogens is 282 g/mol. The lowest BCUT2D eigenvalue weighted by molar-refractivity contribution is -0.384. The Morgan fingerprint density at radius 2 is 1.73 bits per heavy atom. The monoisotopic (exact) mass is 307 g/mol. The molecule has 1 aromatic rings. The number of nitro groups is 1. The molecule has 1 fully saturated rings. The molecule has 0 radical (unpaired) electrons. The number of piperazine rings is 1. The summed E-state index contributed by atoms with van der Waals surface area (Å²) in [5, 5.41) is 10.6. The van der Waals surface area contributed by atoms with Gasteiger partial charge in [0.05, 0.1) is 11.5 Å². The molecule has 0 amide bonds. The van der Waals surface area contributed by atoms with Crippen molar-refractivity contribution in [3.63, 3.8) is 0 Å². The Morgan fingerprint density at radius 3 is 2.32 bits per heavy atom. The highest BCUT2D eigenvalue weighted by molar-refractivity contribution is 5.35. The number of ether oxygens (including phenoxy) is 1. The number of unbranched alkanes of at least 4 members (excludes halogenated alkanes) is 1. The van der Waals surface area contributed by atoms with Crippen molar-refractivity contribution in [1.82, 2.24) is 9.80 Å². The molecule has 1 aromatic carbocycles. The fourth-order valence-electron chi connectivity index (χ4n) is 2.62. The minimum atomic E-state index is -0.401. The average molecular weight is 307 g/mol. The molecule has 1 aliphatic heterocycles. The van der Waals surface area contributed by atoms with E-state index in [0.717, 1.165) is 39.0 Å². The fraction of sp³-hybridized carbons (Fsp3) is 0.625. The number of non-ortho nitro benzene ring substituents is 1. The third-order valence-corrected chi connectivity index (χ3v) is 4.10. The molecule has 0 atom stereocenters. The maximum atomic E-state index is 10.6. The number of likely N-dealkylation sites (N-methyl/N-ethyl adjacent to an activating group) is 1. The smallest absolute Gasteiger partial charge is 0.269 e. The van der Waals surface area contributed by atoms with Gasteiger partial charge in [-0.1, -0.05) is 6.92 Å². The molecule has 0 bridgehead atoms. The molecule has 0 aromatic heterocycles. The zero-order valence-corrected chi connectivity index (χ0v) is 13.2. The van der Waals surface area contributed by atoms with Gasteiger partial charge in [0.25, 0.3) is 5.69 Å². The summed E-state index contributed by atoms with van der Waals surface area (Å²) in [5.41, 5.74) is 0.0959. The van der Waals surface area contributed by atoms with Crippen LogP contribution in [0, 0.1) is 10.1 Å². The Labute approximate surface area is 131 Å². The van der Waals surface area contributed by atoms with Gasteiger partial charge in [0.1, 0.15) is 5.75 Å². The molecule has 22 heavy (non-hydrogen) atoms. The van der Waals surface area contributed by atoms with Crippen LogP contribution >= 0.6 is 0 Å². The largest absolute Gasteiger partial charge is 0.494 e. The first-order valence-electron chi connectivity index (χ1n) is 8.01. The van der Waals surface area contributed by atoms with Crippen LogP contribution in [-0.2, 0) is 0 Å². The van der Waals surface area contributed by atoms with Gasteiger partial charge in [-0.3, -0.25) is 10.1 Å². The predicted octanol–water partition coefficient (Wildman–Crippen LogP) is 2.39. The molecule has 1 saturated heterocycles. The standard InChI is InChI=1S/C16H25N3O3/c1-2-17-10-12-18(13-11-17)9-3-4-14-22-16-7-5-15(6-8-16)19(20)21/h5-8H,2-4,9-14H2,1H3. The maximum Gasteiger partial charge on any atom is 0.269 e. The van der Waals surface area contributed by atoms with Crippen LogP contribution in [0.3, 0.4) is 0 Å². The van der Waals surface area contributed by atoms with Crippen molar-refractivity contribution < 1.29 is 9.66 Å². The van der Waals surface area contributed by atoms with Gasteiger partial charge in [0, 0.05) is 38.3 Å². The van der Waals surface area contributed by atoms with Crippen LogP contribution in [0.25, 0.3) is 0 Å². The van der Waals surface area contributed by atoms with Gasteiger partial charge in [-0.2, -0.15) is 0 Å². The topological polar surface area (TPSA) is 58.8 Å². The second-order valence-electron chi connectivity index (χ2n) is 5.58. The number of hydrogen-bond acceptors (Lipinski definition) is 5. The number of nitrogens with zero attached hydrogens (tertiary/aromatic N) is 3. The van der Waals surface area contributed by atoms with E-state index in [1.807, 2.05) is 0 Å². The van der Waals surface area contributed by atoms with Crippen molar-refractivity contribution in [3.05, 3.63) is 34.4 Å². The van der Waals surface area contributed by atoms with Gasteiger partial charge in [-0.25, -0.2) is 0 Å². The molecule has 0 spiro atoms. The normalized spacial score (nSPS) is 16.6. The lowest BCUT2D eigenvalue weighted by Crippen LogP contribution is -2.46. The third kappa shape index (κ3) is 5.27. The molecule has 122 valence electrons. The SMILES string of the molecule is CCN1CCN(CCCCOc2ccc([N+](=O)[O-])cc2)CC1. The van der Waals surface area contributed by atoms with Crippen molar-refractivity contribution >= 4 is 5.69 Å². The Morgan fingerprint density at radius 1 is 1.09 bits per heavy atom. The van der Waals surface area contributed by atoms with Crippen molar-refractivity contribution in [2.45, 2.75) is 19.8 Å². The highest BCUT2D eigenvalue weighted by atomic mass is 16.6. The fourth-order valence-corrected chi connectivity index (χ4v) is 2.62. The van der Waals surface area contributed by atoms with E-state index in [9.17, 15) is 10.1 Å². The van der Waals surface area contributed by atoms with Gasteiger partial charge >= 0.3 is 0 Å². The zero-order chi connectivity index (χ0) is 15.8. The zero-order valence-electron chi connectivity index (χ0n) is 13.2. The van der Waals surface area contributed by atoms with E-state index >= 15 is 0 Å². The van der Waals surface area contributed by atoms with E-state index in [1.54, 1.807) is 12.1 Å². The van der Waals surface area contributed by atoms with E-state index in [1.165, 1.54) is 25.2 Å². The Balaban J connectivity index is 1.56. The highest BCUT2D eigenvalue weighted by Crippen LogP contribution is 2.17. The first-order chi connectivity index (χ1) is 10.7. The van der Waals surface area contributed by atoms with E-state index in [2.05, 4.69) is 16.7 Å². The van der Waals surface area contributed by atoms with Crippen LogP contribution in [0.5, 0.6) is 5.75 Å². The van der Waals surface area contributed by atoms with Gasteiger partial charge in [-0.05, 0) is 38.1 Å². The first-order valence-corrected chi connectivity index (χ1v) is 8.01. The minimum Gasteiger partial charge on any atom is -0.494 e. The number of benzene rings is 1. The summed E-state index contributed by atoms with van der Waals surface area (Å²) < 4.78 is 5.62. The van der Waals surface area contributed by atoms with E-state index in [-0.39, 0.29) is 5.69 Å². The highest BCUT2D eigenvalue weighted by Gasteiger charge is 2.14. The number of nitro benzene ring substituents is 1. The summed E-state index contributed by atoms with van der Waals surface area (Å²) >= 11 is 0. The lowest BCUT2D eigenvalue weighted by atomic mass is 10.2.